The quantitative estimate of drug-likeness (QED) is 0.352. The molecule has 48 valence electrons. The van der Waals surface area contributed by atoms with Crippen molar-refractivity contribution in [2.75, 3.05) is 6.61 Å². The first-order valence-corrected chi connectivity index (χ1v) is 3.59. The number of nitrogens with zero attached hydrogens (tertiary/aromatic N) is 1. The average molecular weight is 143 g/mol. The molecule has 4 nitrogen and oxygen atoms in total. The Morgan fingerprint density at radius 3 is 2.56 bits per heavy atom. The monoisotopic (exact) mass is 143 g/mol. The van der Waals surface area contributed by atoms with Crippen LogP contribution in [-0.4, -0.2) is 11.5 Å². The van der Waals surface area contributed by atoms with E-state index in [0.29, 0.717) is 0 Å². The van der Waals surface area contributed by atoms with Crippen molar-refractivity contribution in [3.05, 3.63) is 0 Å². The first kappa shape index (κ1) is 12.0. The normalized spacial score (nSPS) is 14.8. The van der Waals surface area contributed by atoms with Gasteiger partial charge in [-0.05, 0) is 6.92 Å². The predicted molar refractivity (Wildman–Crippen MR) is 28.2 cm³/mol. The van der Waals surface area contributed by atoms with Crippen molar-refractivity contribution in [2.45, 2.75) is 6.92 Å². The molecule has 0 saturated heterocycles. The van der Waals surface area contributed by atoms with E-state index in [1.54, 1.807) is 6.92 Å². The molecule has 0 aliphatic carbocycles. The summed E-state index contributed by atoms with van der Waals surface area (Å²) in [6.07, 6.45) is 0. The van der Waals surface area contributed by atoms with Crippen LogP contribution in [0.1, 0.15) is 8.35 Å². The van der Waals surface area contributed by atoms with Crippen LogP contribution in [-0.2, 0) is 9.09 Å². The maximum Gasteiger partial charge on any atom is 1.00 e. The summed E-state index contributed by atoms with van der Waals surface area (Å²) < 4.78 is 14.3. The van der Waals surface area contributed by atoms with E-state index in [9.17, 15) is 4.57 Å². The van der Waals surface area contributed by atoms with E-state index >= 15 is 0 Å². The van der Waals surface area contributed by atoms with E-state index in [2.05, 4.69) is 4.52 Å². The van der Waals surface area contributed by atoms with Crippen LogP contribution < -0.4 is 18.9 Å². The molecule has 0 amide bonds. The van der Waals surface area contributed by atoms with Crippen molar-refractivity contribution in [1.29, 1.82) is 5.26 Å². The third-order valence-electron chi connectivity index (χ3n) is 0.430. The molecule has 1 unspecified atom stereocenters. The van der Waals surface area contributed by atoms with Crippen molar-refractivity contribution < 1.29 is 34.3 Å². The van der Waals surface area contributed by atoms with Crippen LogP contribution >= 0.6 is 7.60 Å². The molecule has 0 spiro atoms. The summed E-state index contributed by atoms with van der Waals surface area (Å²) in [5.41, 5.74) is 0. The molecule has 0 saturated carbocycles. The maximum absolute atomic E-state index is 10.2. The Kier molecular flexibility index (Phi) is 6.72. The van der Waals surface area contributed by atoms with Gasteiger partial charge < -0.3 is 6.32 Å². The second-order valence-corrected chi connectivity index (χ2v) is 2.54. The fourth-order valence-electron chi connectivity index (χ4n) is 0.204. The topological polar surface area (TPSA) is 70.3 Å². The van der Waals surface area contributed by atoms with Crippen LogP contribution in [0.2, 0.25) is 0 Å². The molecule has 9 heavy (non-hydrogen) atoms. The van der Waals surface area contributed by atoms with E-state index < -0.39 is 7.60 Å². The molecule has 1 N–H and O–H groups in total. The van der Waals surface area contributed by atoms with Gasteiger partial charge in [-0.1, -0.05) is 0 Å². The van der Waals surface area contributed by atoms with Gasteiger partial charge in [-0.3, -0.25) is 4.52 Å². The van der Waals surface area contributed by atoms with Gasteiger partial charge in [0, 0.05) is 0 Å². The second-order valence-electron chi connectivity index (χ2n) is 1.04. The van der Waals surface area contributed by atoms with Crippen molar-refractivity contribution in [3.8, 4) is 5.81 Å². The predicted octanol–water partition coefficient (Wildman–Crippen LogP) is -2.19. The maximum atomic E-state index is 10.2. The summed E-state index contributed by atoms with van der Waals surface area (Å²) in [6.45, 7) is 1.63. The Balaban J connectivity index is -0.000000245. The van der Waals surface area contributed by atoms with Crippen LogP contribution in [0.4, 0.5) is 0 Å². The van der Waals surface area contributed by atoms with Crippen molar-refractivity contribution in [2.24, 2.45) is 0 Å². The van der Waals surface area contributed by atoms with Gasteiger partial charge in [0.05, 0.1) is 6.61 Å². The molecule has 0 aliphatic rings. The van der Waals surface area contributed by atoms with Crippen molar-refractivity contribution >= 4 is 7.60 Å². The van der Waals surface area contributed by atoms with Crippen LogP contribution in [0.15, 0.2) is 0 Å². The third kappa shape index (κ3) is 6.12. The number of hydrogen-bond donors (Lipinski definition) is 1. The molecular formula is C3H7LiNO3P. The zero-order valence-electron chi connectivity index (χ0n) is 6.37. The zero-order valence-corrected chi connectivity index (χ0v) is 6.26. The Morgan fingerprint density at radius 2 is 2.44 bits per heavy atom. The van der Waals surface area contributed by atoms with Gasteiger partial charge in [0.2, 0.25) is 0 Å². The summed E-state index contributed by atoms with van der Waals surface area (Å²) in [5.74, 6) is 1.13. The standard InChI is InChI=1S/C3H6NO3P.Li.H/c1-2-7-8(5,6)3-4;;/h2H2,1H3,(H,5,6);;/q;+1;-1. The Labute approximate surface area is 67.0 Å². The van der Waals surface area contributed by atoms with Gasteiger partial charge in [-0.2, -0.15) is 5.26 Å². The van der Waals surface area contributed by atoms with Crippen molar-refractivity contribution in [3.63, 3.8) is 0 Å². The van der Waals surface area contributed by atoms with Gasteiger partial charge in [-0.25, -0.2) is 4.57 Å². The molecule has 0 rings (SSSR count). The molecule has 0 aromatic carbocycles. The van der Waals surface area contributed by atoms with Crippen LogP contribution in [0.3, 0.4) is 0 Å². The fraction of sp³-hybridized carbons (Fsp3) is 0.667. The number of nitriles is 1. The molecular weight excluding hydrogens is 136 g/mol. The SMILES string of the molecule is CCOP(=O)(O)C#N.[H-].[Li+]. The van der Waals surface area contributed by atoms with Crippen LogP contribution in [0.5, 0.6) is 0 Å². The summed E-state index contributed by atoms with van der Waals surface area (Å²) in [6, 6.07) is 0. The minimum Gasteiger partial charge on any atom is -1.00 e. The Hall–Kier alpha value is 0.237. The number of hydrogen-bond acceptors (Lipinski definition) is 3. The fourth-order valence-corrected chi connectivity index (χ4v) is 0.612. The summed E-state index contributed by atoms with van der Waals surface area (Å²) in [7, 11) is -3.87. The molecule has 0 aromatic rings. The zero-order chi connectivity index (χ0) is 6.62. The van der Waals surface area contributed by atoms with Gasteiger partial charge in [-0.15, -0.1) is 0 Å². The summed E-state index contributed by atoms with van der Waals surface area (Å²) in [4.78, 5) is 8.30. The first-order chi connectivity index (χ1) is 3.62. The van der Waals surface area contributed by atoms with E-state index in [0.717, 1.165) is 5.81 Å². The molecule has 0 radical (unpaired) electrons. The van der Waals surface area contributed by atoms with Gasteiger partial charge in [0.15, 0.2) is 5.81 Å². The van der Waals surface area contributed by atoms with Crippen LogP contribution in [0, 0.1) is 11.1 Å². The third-order valence-corrected chi connectivity index (χ3v) is 1.29. The van der Waals surface area contributed by atoms with Crippen molar-refractivity contribution in [1.82, 2.24) is 0 Å². The van der Waals surface area contributed by atoms with E-state index in [-0.39, 0.29) is 26.9 Å². The molecule has 0 fully saturated rings. The van der Waals surface area contributed by atoms with E-state index in [4.69, 9.17) is 10.2 Å². The molecule has 0 aliphatic heterocycles. The molecule has 6 heteroatoms. The smallest absolute Gasteiger partial charge is 1.00 e. The second kappa shape index (κ2) is 5.06. The van der Waals surface area contributed by atoms with E-state index in [1.807, 2.05) is 0 Å². The minimum absolute atomic E-state index is 0. The van der Waals surface area contributed by atoms with E-state index in [1.165, 1.54) is 0 Å². The molecule has 0 aromatic heterocycles. The molecule has 0 heterocycles. The molecule has 1 atom stereocenters. The molecule has 0 bridgehead atoms. The van der Waals surface area contributed by atoms with Gasteiger partial charge in [0.1, 0.15) is 0 Å². The summed E-state index contributed by atoms with van der Waals surface area (Å²) >= 11 is 0. The minimum atomic E-state index is -3.87. The largest absolute Gasteiger partial charge is 1.00 e. The van der Waals surface area contributed by atoms with Crippen LogP contribution in [0.25, 0.3) is 0 Å². The van der Waals surface area contributed by atoms with Gasteiger partial charge >= 0.3 is 26.5 Å². The van der Waals surface area contributed by atoms with Gasteiger partial charge in [0.25, 0.3) is 0 Å². The average Bonchev–Trinajstić information content (AvgIpc) is 1.67. The first-order valence-electron chi connectivity index (χ1n) is 2.01. The Bertz CT molecular complexity index is 158. The number of rotatable bonds is 2. The Morgan fingerprint density at radius 1 is 2.00 bits per heavy atom. The summed E-state index contributed by atoms with van der Waals surface area (Å²) in [5, 5.41) is 7.84.